The maximum atomic E-state index is 12.7. The molecule has 4 heteroatoms. The molecule has 0 atom stereocenters. The largest absolute Gasteiger partial charge is 0.330 e. The first kappa shape index (κ1) is 15.1. The molecule has 0 aromatic carbocycles. The Labute approximate surface area is 123 Å². The molecule has 0 aromatic rings. The van der Waals surface area contributed by atoms with E-state index in [4.69, 9.17) is 9.05 Å². The van der Waals surface area contributed by atoms with Gasteiger partial charge in [0, 0.05) is 0 Å². The van der Waals surface area contributed by atoms with Gasteiger partial charge < -0.3 is 9.05 Å². The molecule has 0 spiro atoms. The van der Waals surface area contributed by atoms with Crippen molar-refractivity contribution in [2.45, 2.75) is 58.8 Å². The molecule has 0 heterocycles. The number of hydrogen-bond donors (Lipinski definition) is 0. The lowest BCUT2D eigenvalue weighted by Crippen LogP contribution is -2.46. The van der Waals surface area contributed by atoms with E-state index in [-0.39, 0.29) is 0 Å². The molecule has 0 amide bonds. The molecular formula is C16H29O3P. The summed E-state index contributed by atoms with van der Waals surface area (Å²) >= 11 is 0. The van der Waals surface area contributed by atoms with E-state index in [0.717, 1.165) is 24.2 Å². The molecule has 3 nitrogen and oxygen atoms in total. The van der Waals surface area contributed by atoms with Crippen LogP contribution in [0.1, 0.15) is 58.8 Å². The van der Waals surface area contributed by atoms with Crippen LogP contribution < -0.4 is 0 Å². The SMILES string of the molecule is CCOP(=O)(CCC12CC3CC(CC(C3)C1)C2)OCC. The van der Waals surface area contributed by atoms with Crippen molar-refractivity contribution in [2.24, 2.45) is 23.2 Å². The van der Waals surface area contributed by atoms with Crippen LogP contribution in [0.3, 0.4) is 0 Å². The highest BCUT2D eigenvalue weighted by atomic mass is 31.2. The van der Waals surface area contributed by atoms with Gasteiger partial charge in [-0.25, -0.2) is 0 Å². The summed E-state index contributed by atoms with van der Waals surface area (Å²) in [5.41, 5.74) is 0.471. The van der Waals surface area contributed by atoms with Crippen LogP contribution in [0.4, 0.5) is 0 Å². The van der Waals surface area contributed by atoms with Gasteiger partial charge in [0.2, 0.25) is 0 Å². The van der Waals surface area contributed by atoms with Crippen LogP contribution in [0.25, 0.3) is 0 Å². The molecule has 0 aliphatic heterocycles. The van der Waals surface area contributed by atoms with Gasteiger partial charge in [-0.1, -0.05) is 0 Å². The summed E-state index contributed by atoms with van der Waals surface area (Å²) in [6, 6.07) is 0. The molecule has 0 N–H and O–H groups in total. The third kappa shape index (κ3) is 3.00. The molecule has 4 aliphatic rings. The molecule has 4 fully saturated rings. The Morgan fingerprint density at radius 1 is 0.950 bits per heavy atom. The van der Waals surface area contributed by atoms with Gasteiger partial charge >= 0.3 is 7.60 Å². The van der Waals surface area contributed by atoms with Crippen LogP contribution in [0.2, 0.25) is 0 Å². The second kappa shape index (κ2) is 5.74. The topological polar surface area (TPSA) is 35.5 Å². The van der Waals surface area contributed by atoms with E-state index in [2.05, 4.69) is 0 Å². The Hall–Kier alpha value is 0.150. The molecule has 0 saturated heterocycles. The summed E-state index contributed by atoms with van der Waals surface area (Å²) in [6.07, 6.45) is 10.2. The fourth-order valence-corrected chi connectivity index (χ4v) is 7.40. The highest BCUT2D eigenvalue weighted by Crippen LogP contribution is 2.63. The van der Waals surface area contributed by atoms with Crippen molar-refractivity contribution in [3.05, 3.63) is 0 Å². The average molecular weight is 300 g/mol. The summed E-state index contributed by atoms with van der Waals surface area (Å²) in [4.78, 5) is 0. The van der Waals surface area contributed by atoms with E-state index >= 15 is 0 Å². The standard InChI is InChI=1S/C16H29O3P/c1-3-18-20(17,19-4-2)6-5-16-10-13-7-14(11-16)9-15(8-13)12-16/h13-15H,3-12H2,1-2H3. The highest BCUT2D eigenvalue weighted by molar-refractivity contribution is 7.53. The van der Waals surface area contributed by atoms with Crippen molar-refractivity contribution in [1.29, 1.82) is 0 Å². The van der Waals surface area contributed by atoms with Crippen LogP contribution >= 0.6 is 7.60 Å². The fourth-order valence-electron chi connectivity index (χ4n) is 5.53. The molecule has 0 unspecified atom stereocenters. The summed E-state index contributed by atoms with van der Waals surface area (Å²) in [7, 11) is -2.84. The minimum absolute atomic E-state index is 0.471. The highest BCUT2D eigenvalue weighted by Gasteiger charge is 2.51. The molecule has 116 valence electrons. The van der Waals surface area contributed by atoms with Crippen LogP contribution in [0.5, 0.6) is 0 Å². The smallest absolute Gasteiger partial charge is 0.309 e. The van der Waals surface area contributed by atoms with E-state index in [1.165, 1.54) is 38.5 Å². The van der Waals surface area contributed by atoms with Crippen molar-refractivity contribution >= 4 is 7.60 Å². The van der Waals surface area contributed by atoms with Crippen molar-refractivity contribution < 1.29 is 13.6 Å². The Morgan fingerprint density at radius 2 is 1.40 bits per heavy atom. The summed E-state index contributed by atoms with van der Waals surface area (Å²) < 4.78 is 23.6. The number of hydrogen-bond acceptors (Lipinski definition) is 3. The Kier molecular flexibility index (Phi) is 4.32. The van der Waals surface area contributed by atoms with Crippen molar-refractivity contribution in [2.75, 3.05) is 19.4 Å². The zero-order valence-electron chi connectivity index (χ0n) is 13.0. The third-order valence-electron chi connectivity index (χ3n) is 5.73. The van der Waals surface area contributed by atoms with Crippen LogP contribution in [-0.4, -0.2) is 19.4 Å². The van der Waals surface area contributed by atoms with E-state index in [1.54, 1.807) is 0 Å². The van der Waals surface area contributed by atoms with Crippen molar-refractivity contribution in [3.63, 3.8) is 0 Å². The lowest BCUT2D eigenvalue weighted by atomic mass is 9.49. The van der Waals surface area contributed by atoms with E-state index in [0.29, 0.717) is 24.8 Å². The molecule has 4 rings (SSSR count). The maximum Gasteiger partial charge on any atom is 0.330 e. The quantitative estimate of drug-likeness (QED) is 0.630. The van der Waals surface area contributed by atoms with Gasteiger partial charge in [0.05, 0.1) is 19.4 Å². The normalized spacial score (nSPS) is 39.4. The molecule has 20 heavy (non-hydrogen) atoms. The van der Waals surface area contributed by atoms with Gasteiger partial charge in [0.25, 0.3) is 0 Å². The predicted octanol–water partition coefficient (Wildman–Crippen LogP) is 4.86. The lowest BCUT2D eigenvalue weighted by molar-refractivity contribution is -0.0547. The van der Waals surface area contributed by atoms with Gasteiger partial charge in [-0.3, -0.25) is 4.57 Å². The minimum Gasteiger partial charge on any atom is -0.309 e. The van der Waals surface area contributed by atoms with Gasteiger partial charge in [-0.15, -0.1) is 0 Å². The van der Waals surface area contributed by atoms with Crippen LogP contribution in [0.15, 0.2) is 0 Å². The average Bonchev–Trinajstić information content (AvgIpc) is 2.36. The summed E-state index contributed by atoms with van der Waals surface area (Å²) in [6.45, 7) is 4.77. The molecule has 0 radical (unpaired) electrons. The molecule has 4 bridgehead atoms. The van der Waals surface area contributed by atoms with Gasteiger partial charge in [-0.2, -0.15) is 0 Å². The first-order valence-corrected chi connectivity index (χ1v) is 10.2. The molecule has 0 aromatic heterocycles. The molecular weight excluding hydrogens is 271 g/mol. The summed E-state index contributed by atoms with van der Waals surface area (Å²) in [5, 5.41) is 0. The third-order valence-corrected chi connectivity index (χ3v) is 7.81. The lowest BCUT2D eigenvalue weighted by Gasteiger charge is -2.57. The van der Waals surface area contributed by atoms with Crippen LogP contribution in [0, 0.1) is 23.2 Å². The monoisotopic (exact) mass is 300 g/mol. The van der Waals surface area contributed by atoms with Gasteiger partial charge in [0.1, 0.15) is 0 Å². The first-order valence-electron chi connectivity index (χ1n) is 8.44. The van der Waals surface area contributed by atoms with Gasteiger partial charge in [0.15, 0.2) is 0 Å². The predicted molar refractivity (Wildman–Crippen MR) is 80.9 cm³/mol. The Bertz CT molecular complexity index is 348. The van der Waals surface area contributed by atoms with E-state index in [9.17, 15) is 4.57 Å². The zero-order chi connectivity index (χ0) is 14.2. The van der Waals surface area contributed by atoms with Crippen molar-refractivity contribution in [3.8, 4) is 0 Å². The maximum absolute atomic E-state index is 12.7. The van der Waals surface area contributed by atoms with E-state index in [1.807, 2.05) is 13.8 Å². The minimum atomic E-state index is -2.84. The molecule has 4 saturated carbocycles. The van der Waals surface area contributed by atoms with Gasteiger partial charge in [-0.05, 0) is 82.0 Å². The number of rotatable bonds is 7. The van der Waals surface area contributed by atoms with E-state index < -0.39 is 7.60 Å². The molecule has 4 aliphatic carbocycles. The van der Waals surface area contributed by atoms with Crippen LogP contribution in [-0.2, 0) is 13.6 Å². The fraction of sp³-hybridized carbons (Fsp3) is 1.00. The zero-order valence-corrected chi connectivity index (χ0v) is 13.9. The Balaban J connectivity index is 1.64. The summed E-state index contributed by atoms with van der Waals surface area (Å²) in [5.74, 6) is 2.87. The second-order valence-electron chi connectivity index (χ2n) is 7.34. The first-order chi connectivity index (χ1) is 9.56. The van der Waals surface area contributed by atoms with Crippen molar-refractivity contribution in [1.82, 2.24) is 0 Å². The Morgan fingerprint density at radius 3 is 1.80 bits per heavy atom. The second-order valence-corrected chi connectivity index (χ2v) is 9.52.